The first-order chi connectivity index (χ1) is 9.51. The maximum Gasteiger partial charge on any atom is 0.255 e. The highest BCUT2D eigenvalue weighted by Gasteiger charge is 2.10. The van der Waals surface area contributed by atoms with Gasteiger partial charge in [0.2, 0.25) is 0 Å². The molecule has 0 aliphatic carbocycles. The van der Waals surface area contributed by atoms with Gasteiger partial charge in [-0.05, 0) is 52.3 Å². The van der Waals surface area contributed by atoms with Gasteiger partial charge in [-0.3, -0.25) is 4.79 Å². The summed E-state index contributed by atoms with van der Waals surface area (Å²) in [5, 5.41) is 12.3. The lowest BCUT2D eigenvalue weighted by atomic mass is 10.2. The Bertz CT molecular complexity index is 726. The Balaban J connectivity index is 2.23. The fraction of sp³-hybridized carbons (Fsp3) is 0. The Morgan fingerprint density at radius 3 is 2.50 bits per heavy atom. The summed E-state index contributed by atoms with van der Waals surface area (Å²) in [5.41, 5.74) is 1.32. The van der Waals surface area contributed by atoms with Gasteiger partial charge in [-0.1, -0.05) is 23.2 Å². The molecule has 0 aliphatic rings. The predicted octanol–water partition coefficient (Wildman–Crippen LogP) is 4.88. The van der Waals surface area contributed by atoms with Gasteiger partial charge < -0.3 is 5.32 Å². The summed E-state index contributed by atoms with van der Waals surface area (Å²) in [6.45, 7) is 0. The topological polar surface area (TPSA) is 52.9 Å². The van der Waals surface area contributed by atoms with Crippen LogP contribution in [0.4, 0.5) is 5.69 Å². The Hall–Kier alpha value is -1.54. The Labute approximate surface area is 134 Å². The standard InChI is InChI=1S/C14H7BrCl2N2O/c15-10-6-9(2-3-11(10)16)14(20)19-13-4-1-8(7-18)5-12(13)17/h1-6H,(H,19,20). The first-order valence-corrected chi connectivity index (χ1v) is 7.02. The van der Waals surface area contributed by atoms with Crippen LogP contribution in [0.3, 0.4) is 0 Å². The molecule has 0 unspecified atom stereocenters. The third kappa shape index (κ3) is 3.31. The van der Waals surface area contributed by atoms with E-state index in [0.717, 1.165) is 0 Å². The minimum Gasteiger partial charge on any atom is -0.321 e. The molecule has 0 saturated carbocycles. The zero-order valence-electron chi connectivity index (χ0n) is 9.95. The zero-order chi connectivity index (χ0) is 14.7. The summed E-state index contributed by atoms with van der Waals surface area (Å²) < 4.78 is 0.637. The fourth-order valence-electron chi connectivity index (χ4n) is 1.52. The van der Waals surface area contributed by atoms with Gasteiger partial charge in [0.05, 0.1) is 27.4 Å². The fourth-order valence-corrected chi connectivity index (χ4v) is 2.24. The van der Waals surface area contributed by atoms with Crippen LogP contribution in [0.15, 0.2) is 40.9 Å². The van der Waals surface area contributed by atoms with Crippen molar-refractivity contribution < 1.29 is 4.79 Å². The van der Waals surface area contributed by atoms with E-state index in [1.807, 2.05) is 6.07 Å². The maximum absolute atomic E-state index is 12.1. The van der Waals surface area contributed by atoms with Crippen molar-refractivity contribution in [1.82, 2.24) is 0 Å². The molecule has 2 rings (SSSR count). The Kier molecular flexibility index (Phi) is 4.66. The van der Waals surface area contributed by atoms with E-state index >= 15 is 0 Å². The quantitative estimate of drug-likeness (QED) is 0.820. The summed E-state index contributed by atoms with van der Waals surface area (Å²) >= 11 is 15.1. The average molecular weight is 370 g/mol. The highest BCUT2D eigenvalue weighted by Crippen LogP contribution is 2.26. The second-order valence-electron chi connectivity index (χ2n) is 3.89. The molecule has 1 N–H and O–H groups in total. The monoisotopic (exact) mass is 368 g/mol. The van der Waals surface area contributed by atoms with E-state index in [9.17, 15) is 4.79 Å². The van der Waals surface area contributed by atoms with Crippen LogP contribution < -0.4 is 5.32 Å². The van der Waals surface area contributed by atoms with E-state index in [2.05, 4.69) is 21.2 Å². The van der Waals surface area contributed by atoms with Crippen LogP contribution in [0.5, 0.6) is 0 Å². The molecule has 0 atom stereocenters. The first-order valence-electron chi connectivity index (χ1n) is 5.47. The summed E-state index contributed by atoms with van der Waals surface area (Å²) in [6.07, 6.45) is 0. The Morgan fingerprint density at radius 1 is 1.15 bits per heavy atom. The van der Waals surface area contributed by atoms with Crippen molar-refractivity contribution in [3.63, 3.8) is 0 Å². The number of nitrogens with zero attached hydrogens (tertiary/aromatic N) is 1. The van der Waals surface area contributed by atoms with Crippen LogP contribution in [0, 0.1) is 11.3 Å². The van der Waals surface area contributed by atoms with E-state index in [4.69, 9.17) is 28.5 Å². The number of anilines is 1. The number of amides is 1. The molecule has 0 saturated heterocycles. The van der Waals surface area contributed by atoms with Crippen LogP contribution in [-0.2, 0) is 0 Å². The summed E-state index contributed by atoms with van der Waals surface area (Å²) in [6, 6.07) is 11.5. The van der Waals surface area contributed by atoms with E-state index in [-0.39, 0.29) is 5.91 Å². The minimum absolute atomic E-state index is 0.311. The van der Waals surface area contributed by atoms with Crippen LogP contribution in [-0.4, -0.2) is 5.91 Å². The van der Waals surface area contributed by atoms with Crippen molar-refractivity contribution >= 4 is 50.7 Å². The molecule has 0 spiro atoms. The maximum atomic E-state index is 12.1. The molecule has 20 heavy (non-hydrogen) atoms. The molecule has 0 heterocycles. The van der Waals surface area contributed by atoms with E-state index in [0.29, 0.717) is 31.3 Å². The second-order valence-corrected chi connectivity index (χ2v) is 5.56. The number of nitriles is 1. The highest BCUT2D eigenvalue weighted by molar-refractivity contribution is 9.10. The number of hydrogen-bond donors (Lipinski definition) is 1. The number of hydrogen-bond acceptors (Lipinski definition) is 2. The lowest BCUT2D eigenvalue weighted by Gasteiger charge is -2.08. The number of nitrogens with one attached hydrogen (secondary N) is 1. The third-order valence-corrected chi connectivity index (χ3v) is 4.05. The summed E-state index contributed by atoms with van der Waals surface area (Å²) in [4.78, 5) is 12.1. The van der Waals surface area contributed by atoms with Gasteiger partial charge in [0.25, 0.3) is 5.91 Å². The van der Waals surface area contributed by atoms with Crippen molar-refractivity contribution in [2.75, 3.05) is 5.32 Å². The van der Waals surface area contributed by atoms with Crippen molar-refractivity contribution in [2.24, 2.45) is 0 Å². The molecule has 1 amide bonds. The van der Waals surface area contributed by atoms with Crippen molar-refractivity contribution in [3.05, 3.63) is 62.0 Å². The highest BCUT2D eigenvalue weighted by atomic mass is 79.9. The van der Waals surface area contributed by atoms with Gasteiger partial charge in [-0.25, -0.2) is 0 Å². The molecular formula is C14H7BrCl2N2O. The largest absolute Gasteiger partial charge is 0.321 e. The number of benzene rings is 2. The number of halogens is 3. The average Bonchev–Trinajstić information content (AvgIpc) is 2.43. The van der Waals surface area contributed by atoms with Crippen LogP contribution >= 0.6 is 39.1 Å². The molecule has 6 heteroatoms. The molecule has 0 bridgehead atoms. The second kappa shape index (κ2) is 6.27. The van der Waals surface area contributed by atoms with Gasteiger partial charge in [0, 0.05) is 10.0 Å². The lowest BCUT2D eigenvalue weighted by Crippen LogP contribution is -2.12. The van der Waals surface area contributed by atoms with Gasteiger partial charge in [0.15, 0.2) is 0 Å². The smallest absolute Gasteiger partial charge is 0.255 e. The predicted molar refractivity (Wildman–Crippen MR) is 83.3 cm³/mol. The SMILES string of the molecule is N#Cc1ccc(NC(=O)c2ccc(Cl)c(Br)c2)c(Cl)c1. The molecule has 100 valence electrons. The lowest BCUT2D eigenvalue weighted by molar-refractivity contribution is 0.102. The molecule has 0 aromatic heterocycles. The third-order valence-electron chi connectivity index (χ3n) is 2.53. The molecular weight excluding hydrogens is 363 g/mol. The normalized spacial score (nSPS) is 9.90. The van der Waals surface area contributed by atoms with Crippen molar-refractivity contribution in [2.45, 2.75) is 0 Å². The molecule has 0 radical (unpaired) electrons. The van der Waals surface area contributed by atoms with Crippen LogP contribution in [0.25, 0.3) is 0 Å². The van der Waals surface area contributed by atoms with Gasteiger partial charge in [-0.2, -0.15) is 5.26 Å². The molecule has 0 fully saturated rings. The first kappa shape index (κ1) is 14.9. The van der Waals surface area contributed by atoms with Crippen LogP contribution in [0.1, 0.15) is 15.9 Å². The van der Waals surface area contributed by atoms with Crippen molar-refractivity contribution in [1.29, 1.82) is 5.26 Å². The molecule has 2 aromatic rings. The number of rotatable bonds is 2. The molecule has 3 nitrogen and oxygen atoms in total. The van der Waals surface area contributed by atoms with Gasteiger partial charge in [0.1, 0.15) is 0 Å². The Morgan fingerprint density at radius 2 is 1.90 bits per heavy atom. The summed E-state index contributed by atoms with van der Waals surface area (Å²) in [7, 11) is 0. The van der Waals surface area contributed by atoms with Crippen LogP contribution in [0.2, 0.25) is 10.0 Å². The molecule has 2 aromatic carbocycles. The van der Waals surface area contributed by atoms with E-state index in [1.54, 1.807) is 30.3 Å². The van der Waals surface area contributed by atoms with Gasteiger partial charge in [-0.15, -0.1) is 0 Å². The van der Waals surface area contributed by atoms with E-state index in [1.165, 1.54) is 6.07 Å². The minimum atomic E-state index is -0.311. The molecule has 0 aliphatic heterocycles. The van der Waals surface area contributed by atoms with Crippen molar-refractivity contribution in [3.8, 4) is 6.07 Å². The van der Waals surface area contributed by atoms with Gasteiger partial charge >= 0.3 is 0 Å². The summed E-state index contributed by atoms with van der Waals surface area (Å²) in [5.74, 6) is -0.311. The van der Waals surface area contributed by atoms with E-state index < -0.39 is 0 Å². The number of carbonyl (C=O) groups is 1. The number of carbonyl (C=O) groups excluding carboxylic acids is 1. The zero-order valence-corrected chi connectivity index (χ0v) is 13.1.